The molecule has 0 aliphatic heterocycles. The fraction of sp³-hybridized carbons (Fsp3) is 0.0476. The van der Waals surface area contributed by atoms with Gasteiger partial charge in [0, 0.05) is 15.4 Å². The van der Waals surface area contributed by atoms with Crippen molar-refractivity contribution in [1.29, 1.82) is 5.26 Å². The Bertz CT molecular complexity index is 1390. The third kappa shape index (κ3) is 3.31. The number of hydrogen-bond donors (Lipinski definition) is 1. The van der Waals surface area contributed by atoms with Crippen LogP contribution in [0.4, 0.5) is 0 Å². The highest BCUT2D eigenvalue weighted by Crippen LogP contribution is 2.26. The molecule has 0 saturated heterocycles. The molecule has 4 aromatic rings. The van der Waals surface area contributed by atoms with Gasteiger partial charge in [-0.05, 0) is 42.8 Å². The number of hydrogen-bond acceptors (Lipinski definition) is 4. The SMILES string of the molecule is Cc1cccc2cc(/C=C(\C#N)c3nc4ccc(Br)cc4c(=O)[nH]3)c(Cl)nc12. The van der Waals surface area contributed by atoms with Gasteiger partial charge in [-0.25, -0.2) is 9.97 Å². The minimum absolute atomic E-state index is 0.183. The van der Waals surface area contributed by atoms with Crippen LogP contribution < -0.4 is 5.56 Å². The number of aromatic amines is 1. The van der Waals surface area contributed by atoms with Gasteiger partial charge in [-0.15, -0.1) is 0 Å². The summed E-state index contributed by atoms with van der Waals surface area (Å²) >= 11 is 9.68. The number of para-hydroxylation sites is 1. The molecule has 2 heterocycles. The Balaban J connectivity index is 1.89. The lowest BCUT2D eigenvalue weighted by molar-refractivity contribution is 1.13. The van der Waals surface area contributed by atoms with Crippen LogP contribution in [0, 0.1) is 18.3 Å². The summed E-state index contributed by atoms with van der Waals surface area (Å²) in [5.41, 5.74) is 2.78. The predicted octanol–water partition coefficient (Wildman–Crippen LogP) is 5.26. The van der Waals surface area contributed by atoms with Gasteiger partial charge < -0.3 is 4.98 Å². The maximum Gasteiger partial charge on any atom is 0.259 e. The second-order valence-electron chi connectivity index (χ2n) is 6.26. The maximum absolute atomic E-state index is 12.4. The Hall–Kier alpha value is -3.01. The number of aryl methyl sites for hydroxylation is 1. The zero-order valence-electron chi connectivity index (χ0n) is 14.6. The Morgan fingerprint density at radius 1 is 1.25 bits per heavy atom. The number of aromatic nitrogens is 3. The summed E-state index contributed by atoms with van der Waals surface area (Å²) in [6.45, 7) is 1.96. The van der Waals surface area contributed by atoms with Crippen LogP contribution in [0.5, 0.6) is 0 Å². The van der Waals surface area contributed by atoms with Crippen molar-refractivity contribution < 1.29 is 0 Å². The van der Waals surface area contributed by atoms with E-state index in [2.05, 4.69) is 37.0 Å². The number of pyridine rings is 1. The van der Waals surface area contributed by atoms with E-state index in [9.17, 15) is 10.1 Å². The molecule has 2 aromatic heterocycles. The van der Waals surface area contributed by atoms with E-state index in [0.717, 1.165) is 20.9 Å². The third-order valence-corrected chi connectivity index (χ3v) is 5.17. The molecular formula is C21H12BrClN4O. The summed E-state index contributed by atoms with van der Waals surface area (Å²) in [5, 5.41) is 11.3. The number of fused-ring (bicyclic) bond motifs is 2. The van der Waals surface area contributed by atoms with Gasteiger partial charge in [0.25, 0.3) is 5.56 Å². The van der Waals surface area contributed by atoms with E-state index in [-0.39, 0.29) is 22.1 Å². The lowest BCUT2D eigenvalue weighted by Gasteiger charge is -2.06. The van der Waals surface area contributed by atoms with E-state index in [1.807, 2.05) is 31.2 Å². The van der Waals surface area contributed by atoms with Crippen molar-refractivity contribution in [3.05, 3.63) is 79.4 Å². The first-order valence-electron chi connectivity index (χ1n) is 8.34. The molecule has 7 heteroatoms. The van der Waals surface area contributed by atoms with Crippen molar-refractivity contribution in [2.75, 3.05) is 0 Å². The molecule has 0 aliphatic carbocycles. The molecule has 0 aliphatic rings. The highest BCUT2D eigenvalue weighted by molar-refractivity contribution is 9.10. The van der Waals surface area contributed by atoms with Crippen molar-refractivity contribution in [2.24, 2.45) is 0 Å². The Morgan fingerprint density at radius 3 is 2.86 bits per heavy atom. The lowest BCUT2D eigenvalue weighted by Crippen LogP contribution is -2.11. The highest BCUT2D eigenvalue weighted by Gasteiger charge is 2.11. The average Bonchev–Trinajstić information content (AvgIpc) is 2.67. The Morgan fingerprint density at radius 2 is 2.07 bits per heavy atom. The lowest BCUT2D eigenvalue weighted by atomic mass is 10.1. The first-order chi connectivity index (χ1) is 13.5. The van der Waals surface area contributed by atoms with Crippen molar-refractivity contribution in [2.45, 2.75) is 6.92 Å². The number of allylic oxidation sites excluding steroid dienone is 1. The van der Waals surface area contributed by atoms with Gasteiger partial charge in [0.05, 0.1) is 22.0 Å². The number of nitrogens with zero attached hydrogens (tertiary/aromatic N) is 3. The number of halogens is 2. The molecule has 0 radical (unpaired) electrons. The topological polar surface area (TPSA) is 82.4 Å². The van der Waals surface area contributed by atoms with Gasteiger partial charge in [0.2, 0.25) is 0 Å². The Labute approximate surface area is 173 Å². The minimum Gasteiger partial charge on any atom is -0.305 e. The zero-order valence-corrected chi connectivity index (χ0v) is 17.0. The normalized spacial score (nSPS) is 11.7. The molecular weight excluding hydrogens is 440 g/mol. The van der Waals surface area contributed by atoms with E-state index in [0.29, 0.717) is 16.5 Å². The molecule has 136 valence electrons. The molecule has 5 nitrogen and oxygen atoms in total. The summed E-state index contributed by atoms with van der Waals surface area (Å²) in [5.74, 6) is 0.183. The zero-order chi connectivity index (χ0) is 19.8. The fourth-order valence-corrected chi connectivity index (χ4v) is 3.54. The largest absolute Gasteiger partial charge is 0.305 e. The quantitative estimate of drug-likeness (QED) is 0.333. The number of H-pyrrole nitrogens is 1. The summed E-state index contributed by atoms with van der Waals surface area (Å²) in [7, 11) is 0. The van der Waals surface area contributed by atoms with E-state index >= 15 is 0 Å². The van der Waals surface area contributed by atoms with Crippen LogP contribution in [-0.2, 0) is 0 Å². The molecule has 28 heavy (non-hydrogen) atoms. The molecule has 4 rings (SSSR count). The molecule has 0 atom stereocenters. The highest BCUT2D eigenvalue weighted by atomic mass is 79.9. The second kappa shape index (κ2) is 7.19. The first kappa shape index (κ1) is 18.4. The molecule has 0 saturated carbocycles. The van der Waals surface area contributed by atoms with Crippen LogP contribution in [0.25, 0.3) is 33.5 Å². The van der Waals surface area contributed by atoms with Crippen molar-refractivity contribution in [3.63, 3.8) is 0 Å². The van der Waals surface area contributed by atoms with Gasteiger partial charge >= 0.3 is 0 Å². The van der Waals surface area contributed by atoms with Crippen molar-refractivity contribution in [3.8, 4) is 6.07 Å². The molecule has 0 unspecified atom stereocenters. The maximum atomic E-state index is 12.4. The van der Waals surface area contributed by atoms with Crippen molar-refractivity contribution in [1.82, 2.24) is 15.0 Å². The van der Waals surface area contributed by atoms with E-state index in [1.165, 1.54) is 0 Å². The standard InChI is InChI=1S/C21H12BrClN4O/c1-11-3-2-4-12-7-13(19(23)26-18(11)12)8-14(10-24)20-25-17-6-5-15(22)9-16(17)21(28)27-20/h2-9H,1H3,(H,25,27,28)/b14-8+. The van der Waals surface area contributed by atoms with E-state index < -0.39 is 0 Å². The molecule has 0 bridgehead atoms. The van der Waals surface area contributed by atoms with E-state index in [4.69, 9.17) is 11.6 Å². The summed E-state index contributed by atoms with van der Waals surface area (Å²) in [6.07, 6.45) is 1.58. The monoisotopic (exact) mass is 450 g/mol. The molecule has 0 spiro atoms. The smallest absolute Gasteiger partial charge is 0.259 e. The van der Waals surface area contributed by atoms with Crippen LogP contribution in [0.2, 0.25) is 5.15 Å². The van der Waals surface area contributed by atoms with E-state index in [1.54, 1.807) is 24.3 Å². The van der Waals surface area contributed by atoms with Crippen LogP contribution in [-0.4, -0.2) is 15.0 Å². The van der Waals surface area contributed by atoms with Crippen LogP contribution in [0.1, 0.15) is 17.0 Å². The molecule has 0 amide bonds. The van der Waals surface area contributed by atoms with Crippen molar-refractivity contribution >= 4 is 61.0 Å². The molecule has 2 aromatic carbocycles. The summed E-state index contributed by atoms with van der Waals surface area (Å²) in [6, 6.07) is 15.0. The van der Waals surface area contributed by atoms with Gasteiger partial charge in [0.1, 0.15) is 11.2 Å². The number of rotatable bonds is 2. The number of nitriles is 1. The summed E-state index contributed by atoms with van der Waals surface area (Å²) in [4.78, 5) is 24.0. The van der Waals surface area contributed by atoms with Crippen LogP contribution in [0.3, 0.4) is 0 Å². The second-order valence-corrected chi connectivity index (χ2v) is 7.53. The number of nitrogens with one attached hydrogen (secondary N) is 1. The number of benzene rings is 2. The minimum atomic E-state index is -0.319. The van der Waals surface area contributed by atoms with Gasteiger partial charge in [-0.2, -0.15) is 5.26 Å². The average molecular weight is 452 g/mol. The van der Waals surface area contributed by atoms with Gasteiger partial charge in [-0.3, -0.25) is 4.79 Å². The molecule has 0 fully saturated rings. The predicted molar refractivity (Wildman–Crippen MR) is 115 cm³/mol. The fourth-order valence-electron chi connectivity index (χ4n) is 2.99. The Kier molecular flexibility index (Phi) is 4.71. The van der Waals surface area contributed by atoms with Crippen LogP contribution in [0.15, 0.2) is 51.7 Å². The van der Waals surface area contributed by atoms with Crippen LogP contribution >= 0.6 is 27.5 Å². The first-order valence-corrected chi connectivity index (χ1v) is 9.51. The third-order valence-electron chi connectivity index (χ3n) is 4.37. The van der Waals surface area contributed by atoms with Gasteiger partial charge in [0.15, 0.2) is 5.82 Å². The molecule has 1 N–H and O–H groups in total. The van der Waals surface area contributed by atoms with Gasteiger partial charge in [-0.1, -0.05) is 45.7 Å². The summed E-state index contributed by atoms with van der Waals surface area (Å²) < 4.78 is 0.778.